The molecule has 1 atom stereocenters. The first kappa shape index (κ1) is 12.6. The van der Waals surface area contributed by atoms with Gasteiger partial charge in [0, 0.05) is 18.3 Å². The molecule has 1 heterocycles. The van der Waals surface area contributed by atoms with Gasteiger partial charge >= 0.3 is 0 Å². The van der Waals surface area contributed by atoms with Gasteiger partial charge in [-0.1, -0.05) is 6.07 Å². The van der Waals surface area contributed by atoms with Crippen molar-refractivity contribution in [3.05, 3.63) is 30.1 Å². The fourth-order valence-electron chi connectivity index (χ4n) is 1.36. The molecule has 1 amide bonds. The number of aromatic nitrogens is 1. The molecule has 0 radical (unpaired) electrons. The summed E-state index contributed by atoms with van der Waals surface area (Å²) in [6.45, 7) is 6.20. The molecule has 1 rings (SSSR count). The predicted molar refractivity (Wildman–Crippen MR) is 63.9 cm³/mol. The second-order valence-corrected chi connectivity index (χ2v) is 4.08. The Morgan fingerprint density at radius 3 is 2.69 bits per heavy atom. The number of amides is 1. The Morgan fingerprint density at radius 1 is 1.38 bits per heavy atom. The van der Waals surface area contributed by atoms with Gasteiger partial charge in [-0.2, -0.15) is 0 Å². The third-order valence-electron chi connectivity index (χ3n) is 2.15. The molecule has 0 spiro atoms. The molecule has 16 heavy (non-hydrogen) atoms. The van der Waals surface area contributed by atoms with Crippen LogP contribution in [0, 0.1) is 0 Å². The van der Waals surface area contributed by atoms with E-state index in [0.717, 1.165) is 5.69 Å². The molecule has 0 unspecified atom stereocenters. The fourth-order valence-corrected chi connectivity index (χ4v) is 1.36. The van der Waals surface area contributed by atoms with Gasteiger partial charge in [0.15, 0.2) is 0 Å². The molecule has 0 aliphatic heterocycles. The molecule has 0 saturated carbocycles. The zero-order valence-electron chi connectivity index (χ0n) is 10.0. The topological polar surface area (TPSA) is 54.0 Å². The monoisotopic (exact) mass is 221 g/mol. The van der Waals surface area contributed by atoms with Crippen LogP contribution in [-0.2, 0) is 4.79 Å². The van der Waals surface area contributed by atoms with Crippen LogP contribution < -0.4 is 10.6 Å². The Labute approximate surface area is 96.5 Å². The van der Waals surface area contributed by atoms with Gasteiger partial charge in [0.1, 0.15) is 0 Å². The van der Waals surface area contributed by atoms with Crippen LogP contribution in [0.4, 0.5) is 0 Å². The van der Waals surface area contributed by atoms with E-state index in [0.29, 0.717) is 6.54 Å². The quantitative estimate of drug-likeness (QED) is 0.787. The van der Waals surface area contributed by atoms with E-state index in [9.17, 15) is 4.79 Å². The predicted octanol–water partition coefficient (Wildman–Crippen LogP) is 1.26. The summed E-state index contributed by atoms with van der Waals surface area (Å²) in [5, 5.41) is 5.96. The molecule has 0 bridgehead atoms. The Kier molecular flexibility index (Phi) is 4.92. The van der Waals surface area contributed by atoms with E-state index in [1.54, 1.807) is 6.20 Å². The van der Waals surface area contributed by atoms with Gasteiger partial charge in [-0.3, -0.25) is 9.78 Å². The standard InChI is InChI=1S/C12H19N3O/c1-9(2)15-12(16)8-14-10(3)11-6-4-5-7-13-11/h4-7,9-10,14H,8H2,1-3H3,(H,15,16)/t10-/m0/s1. The lowest BCUT2D eigenvalue weighted by molar-refractivity contribution is -0.120. The molecule has 0 fully saturated rings. The first-order valence-corrected chi connectivity index (χ1v) is 5.53. The zero-order chi connectivity index (χ0) is 12.0. The maximum Gasteiger partial charge on any atom is 0.234 e. The molecule has 0 aromatic carbocycles. The van der Waals surface area contributed by atoms with Crippen LogP contribution in [0.1, 0.15) is 32.5 Å². The minimum Gasteiger partial charge on any atom is -0.353 e. The van der Waals surface area contributed by atoms with Gasteiger partial charge in [0.2, 0.25) is 5.91 Å². The number of nitrogens with zero attached hydrogens (tertiary/aromatic N) is 1. The fraction of sp³-hybridized carbons (Fsp3) is 0.500. The van der Waals surface area contributed by atoms with Crippen molar-refractivity contribution in [1.29, 1.82) is 0 Å². The lowest BCUT2D eigenvalue weighted by Gasteiger charge is -2.14. The molecular weight excluding hydrogens is 202 g/mol. The van der Waals surface area contributed by atoms with Crippen molar-refractivity contribution in [2.75, 3.05) is 6.54 Å². The van der Waals surface area contributed by atoms with E-state index in [2.05, 4.69) is 15.6 Å². The first-order chi connectivity index (χ1) is 7.59. The van der Waals surface area contributed by atoms with E-state index in [-0.39, 0.29) is 18.0 Å². The Hall–Kier alpha value is -1.42. The highest BCUT2D eigenvalue weighted by atomic mass is 16.1. The van der Waals surface area contributed by atoms with E-state index in [1.165, 1.54) is 0 Å². The molecule has 4 heteroatoms. The van der Waals surface area contributed by atoms with Gasteiger partial charge in [-0.25, -0.2) is 0 Å². The van der Waals surface area contributed by atoms with Crippen LogP contribution in [0.15, 0.2) is 24.4 Å². The summed E-state index contributed by atoms with van der Waals surface area (Å²) in [5.41, 5.74) is 0.944. The third kappa shape index (κ3) is 4.40. The van der Waals surface area contributed by atoms with Crippen LogP contribution in [-0.4, -0.2) is 23.5 Å². The Morgan fingerprint density at radius 2 is 2.12 bits per heavy atom. The second kappa shape index (κ2) is 6.23. The Balaban J connectivity index is 2.36. The van der Waals surface area contributed by atoms with Gasteiger partial charge < -0.3 is 10.6 Å². The minimum absolute atomic E-state index is 0.0118. The molecular formula is C12H19N3O. The SMILES string of the molecule is CC(C)NC(=O)CN[C@@H](C)c1ccccn1. The van der Waals surface area contributed by atoms with Crippen LogP contribution in [0.3, 0.4) is 0 Å². The molecule has 1 aromatic rings. The van der Waals surface area contributed by atoms with Gasteiger partial charge in [0.25, 0.3) is 0 Å². The van der Waals surface area contributed by atoms with Gasteiger partial charge in [-0.15, -0.1) is 0 Å². The number of hydrogen-bond donors (Lipinski definition) is 2. The van der Waals surface area contributed by atoms with E-state index >= 15 is 0 Å². The lowest BCUT2D eigenvalue weighted by Crippen LogP contribution is -2.38. The summed E-state index contributed by atoms with van der Waals surface area (Å²) in [5.74, 6) is 0.0118. The zero-order valence-corrected chi connectivity index (χ0v) is 10.0. The van der Waals surface area contributed by atoms with Crippen molar-refractivity contribution in [2.45, 2.75) is 32.9 Å². The maximum atomic E-state index is 11.4. The van der Waals surface area contributed by atoms with Crippen molar-refractivity contribution in [3.8, 4) is 0 Å². The normalized spacial score (nSPS) is 12.5. The van der Waals surface area contributed by atoms with Crippen LogP contribution in [0.25, 0.3) is 0 Å². The summed E-state index contributed by atoms with van der Waals surface area (Å²) in [7, 11) is 0. The highest BCUT2D eigenvalue weighted by Gasteiger charge is 2.08. The van der Waals surface area contributed by atoms with Crippen molar-refractivity contribution in [3.63, 3.8) is 0 Å². The smallest absolute Gasteiger partial charge is 0.234 e. The number of carbonyl (C=O) groups excluding carboxylic acids is 1. The van der Waals surface area contributed by atoms with Crippen molar-refractivity contribution in [1.82, 2.24) is 15.6 Å². The molecule has 0 aliphatic carbocycles. The molecule has 4 nitrogen and oxygen atoms in total. The minimum atomic E-state index is 0.0118. The van der Waals surface area contributed by atoms with Crippen molar-refractivity contribution in [2.24, 2.45) is 0 Å². The number of pyridine rings is 1. The molecule has 0 saturated heterocycles. The Bertz CT molecular complexity index is 324. The lowest BCUT2D eigenvalue weighted by atomic mass is 10.2. The first-order valence-electron chi connectivity index (χ1n) is 5.53. The van der Waals surface area contributed by atoms with Crippen LogP contribution in [0.2, 0.25) is 0 Å². The summed E-state index contributed by atoms with van der Waals surface area (Å²) in [6, 6.07) is 6.02. The molecule has 2 N–H and O–H groups in total. The summed E-state index contributed by atoms with van der Waals surface area (Å²) in [4.78, 5) is 15.6. The summed E-state index contributed by atoms with van der Waals surface area (Å²) >= 11 is 0. The highest BCUT2D eigenvalue weighted by molar-refractivity contribution is 5.78. The second-order valence-electron chi connectivity index (χ2n) is 4.08. The van der Waals surface area contributed by atoms with E-state index < -0.39 is 0 Å². The molecule has 1 aromatic heterocycles. The van der Waals surface area contributed by atoms with Gasteiger partial charge in [0.05, 0.1) is 12.2 Å². The van der Waals surface area contributed by atoms with Crippen LogP contribution >= 0.6 is 0 Å². The average Bonchev–Trinajstić information content (AvgIpc) is 2.26. The number of nitrogens with one attached hydrogen (secondary N) is 2. The maximum absolute atomic E-state index is 11.4. The number of hydrogen-bond acceptors (Lipinski definition) is 3. The highest BCUT2D eigenvalue weighted by Crippen LogP contribution is 2.06. The van der Waals surface area contributed by atoms with E-state index in [4.69, 9.17) is 0 Å². The third-order valence-corrected chi connectivity index (χ3v) is 2.15. The average molecular weight is 221 g/mol. The van der Waals surface area contributed by atoms with Gasteiger partial charge in [-0.05, 0) is 32.9 Å². The number of rotatable bonds is 5. The van der Waals surface area contributed by atoms with Crippen LogP contribution in [0.5, 0.6) is 0 Å². The molecule has 0 aliphatic rings. The van der Waals surface area contributed by atoms with Crippen molar-refractivity contribution < 1.29 is 4.79 Å². The summed E-state index contributed by atoms with van der Waals surface area (Å²) in [6.07, 6.45) is 1.75. The number of carbonyl (C=O) groups is 1. The van der Waals surface area contributed by atoms with E-state index in [1.807, 2.05) is 39.0 Å². The van der Waals surface area contributed by atoms with Crippen molar-refractivity contribution >= 4 is 5.91 Å². The molecule has 88 valence electrons. The largest absolute Gasteiger partial charge is 0.353 e. The summed E-state index contributed by atoms with van der Waals surface area (Å²) < 4.78 is 0.